The number of rotatable bonds is 2. The monoisotopic (exact) mass is 264 g/mol. The molecule has 3 rings (SSSR count). The van der Waals surface area contributed by atoms with Gasteiger partial charge in [0.1, 0.15) is 11.8 Å². The molecule has 0 aliphatic heterocycles. The van der Waals surface area contributed by atoms with Gasteiger partial charge in [0.2, 0.25) is 5.76 Å². The number of nitrogens with zero attached hydrogens (tertiary/aromatic N) is 2. The van der Waals surface area contributed by atoms with Gasteiger partial charge in [-0.1, -0.05) is 18.2 Å². The van der Waals surface area contributed by atoms with Gasteiger partial charge in [0, 0.05) is 5.39 Å². The van der Waals surface area contributed by atoms with Crippen molar-refractivity contribution in [3.63, 3.8) is 0 Å². The van der Waals surface area contributed by atoms with Crippen LogP contribution in [0.5, 0.6) is 0 Å². The van der Waals surface area contributed by atoms with E-state index in [2.05, 4.69) is 4.98 Å². The predicted molar refractivity (Wildman–Crippen MR) is 71.1 cm³/mol. The lowest BCUT2D eigenvalue weighted by molar-refractivity contribution is 0.0663. The Morgan fingerprint density at radius 3 is 2.75 bits per heavy atom. The van der Waals surface area contributed by atoms with Crippen LogP contribution in [-0.2, 0) is 0 Å². The summed E-state index contributed by atoms with van der Waals surface area (Å²) in [5.74, 6) is -1.00. The van der Waals surface area contributed by atoms with E-state index in [1.54, 1.807) is 6.07 Å². The average Bonchev–Trinajstić information content (AvgIpc) is 2.95. The first-order valence-electron chi connectivity index (χ1n) is 5.82. The van der Waals surface area contributed by atoms with Crippen molar-refractivity contribution in [3.05, 3.63) is 53.9 Å². The highest BCUT2D eigenvalue weighted by Gasteiger charge is 2.15. The largest absolute Gasteiger partial charge is 0.475 e. The Morgan fingerprint density at radius 2 is 2.05 bits per heavy atom. The SMILES string of the molecule is N#Cc1nc2ccccc2cc1-c1ccc(C(=O)O)o1. The zero-order valence-electron chi connectivity index (χ0n) is 10.2. The maximum absolute atomic E-state index is 10.8. The molecule has 2 heterocycles. The van der Waals surface area contributed by atoms with E-state index >= 15 is 0 Å². The van der Waals surface area contributed by atoms with E-state index in [1.165, 1.54) is 12.1 Å². The molecule has 1 aromatic carbocycles. The van der Waals surface area contributed by atoms with Gasteiger partial charge >= 0.3 is 5.97 Å². The number of hydrogen-bond donors (Lipinski definition) is 1. The molecule has 0 fully saturated rings. The summed E-state index contributed by atoms with van der Waals surface area (Å²) in [5.41, 5.74) is 1.39. The van der Waals surface area contributed by atoms with Gasteiger partial charge in [0.05, 0.1) is 11.1 Å². The third-order valence-corrected chi connectivity index (χ3v) is 2.91. The smallest absolute Gasteiger partial charge is 0.371 e. The van der Waals surface area contributed by atoms with Crippen molar-refractivity contribution >= 4 is 16.9 Å². The number of carbonyl (C=O) groups is 1. The number of furan rings is 1. The first-order valence-corrected chi connectivity index (χ1v) is 5.82. The molecule has 5 nitrogen and oxygen atoms in total. The average molecular weight is 264 g/mol. The van der Waals surface area contributed by atoms with Gasteiger partial charge in [-0.2, -0.15) is 5.26 Å². The van der Waals surface area contributed by atoms with Crippen LogP contribution >= 0.6 is 0 Å². The second-order valence-corrected chi connectivity index (χ2v) is 4.16. The van der Waals surface area contributed by atoms with Crippen molar-refractivity contribution < 1.29 is 14.3 Å². The molecule has 0 saturated heterocycles. The van der Waals surface area contributed by atoms with Gasteiger partial charge in [-0.05, 0) is 24.3 Å². The number of nitriles is 1. The molecule has 0 amide bonds. The number of benzene rings is 1. The molecule has 0 atom stereocenters. The van der Waals surface area contributed by atoms with Crippen LogP contribution in [0.1, 0.15) is 16.2 Å². The Labute approximate surface area is 113 Å². The van der Waals surface area contributed by atoms with Crippen LogP contribution < -0.4 is 0 Å². The number of carboxylic acid groups (broad SMARTS) is 1. The Morgan fingerprint density at radius 1 is 1.25 bits per heavy atom. The molecule has 0 radical (unpaired) electrons. The van der Waals surface area contributed by atoms with Crippen LogP contribution in [0.4, 0.5) is 0 Å². The van der Waals surface area contributed by atoms with E-state index < -0.39 is 5.97 Å². The van der Waals surface area contributed by atoms with Gasteiger partial charge in [-0.25, -0.2) is 9.78 Å². The minimum absolute atomic E-state index is 0.169. The topological polar surface area (TPSA) is 87.1 Å². The second-order valence-electron chi connectivity index (χ2n) is 4.16. The highest BCUT2D eigenvalue weighted by atomic mass is 16.4. The summed E-state index contributed by atoms with van der Waals surface area (Å²) < 4.78 is 5.23. The number of para-hydroxylation sites is 1. The summed E-state index contributed by atoms with van der Waals surface area (Å²) in [6.07, 6.45) is 0. The van der Waals surface area contributed by atoms with Crippen molar-refractivity contribution in [2.75, 3.05) is 0 Å². The molecule has 0 unspecified atom stereocenters. The van der Waals surface area contributed by atoms with Gasteiger partial charge in [-0.15, -0.1) is 0 Å². The normalized spacial score (nSPS) is 10.3. The first-order chi connectivity index (χ1) is 9.69. The van der Waals surface area contributed by atoms with Crippen LogP contribution in [0.15, 0.2) is 46.9 Å². The summed E-state index contributed by atoms with van der Waals surface area (Å²) in [6.45, 7) is 0. The van der Waals surface area contributed by atoms with E-state index in [4.69, 9.17) is 9.52 Å². The zero-order chi connectivity index (χ0) is 14.1. The Bertz CT molecular complexity index is 859. The molecule has 0 saturated carbocycles. The number of fused-ring (bicyclic) bond motifs is 1. The molecule has 1 N–H and O–H groups in total. The molecular weight excluding hydrogens is 256 g/mol. The van der Waals surface area contributed by atoms with E-state index in [0.29, 0.717) is 16.8 Å². The van der Waals surface area contributed by atoms with E-state index in [9.17, 15) is 10.1 Å². The Balaban J connectivity index is 2.23. The first kappa shape index (κ1) is 11.9. The molecule has 5 heteroatoms. The summed E-state index contributed by atoms with van der Waals surface area (Å²) in [7, 11) is 0. The van der Waals surface area contributed by atoms with E-state index in [0.717, 1.165) is 5.39 Å². The number of aromatic nitrogens is 1. The predicted octanol–water partition coefficient (Wildman–Crippen LogP) is 3.06. The molecule has 0 aliphatic carbocycles. The van der Waals surface area contributed by atoms with Crippen LogP contribution in [-0.4, -0.2) is 16.1 Å². The van der Waals surface area contributed by atoms with Gasteiger partial charge in [-0.3, -0.25) is 0 Å². The molecule has 0 spiro atoms. The van der Waals surface area contributed by atoms with Crippen LogP contribution in [0, 0.1) is 11.3 Å². The fourth-order valence-corrected chi connectivity index (χ4v) is 1.99. The molecular formula is C15H8N2O3. The zero-order valence-corrected chi connectivity index (χ0v) is 10.2. The summed E-state index contributed by atoms with van der Waals surface area (Å²) >= 11 is 0. The van der Waals surface area contributed by atoms with Gasteiger partial charge in [0.25, 0.3) is 0 Å². The molecule has 0 bridgehead atoms. The Kier molecular flexibility index (Phi) is 2.70. The molecule has 0 aliphatic rings. The van der Waals surface area contributed by atoms with Gasteiger partial charge in [0.15, 0.2) is 5.69 Å². The highest BCUT2D eigenvalue weighted by molar-refractivity contribution is 5.87. The Hall–Kier alpha value is -3.13. The fourth-order valence-electron chi connectivity index (χ4n) is 1.99. The minimum Gasteiger partial charge on any atom is -0.475 e. The van der Waals surface area contributed by atoms with E-state index in [-0.39, 0.29) is 11.5 Å². The number of carboxylic acids is 1. The van der Waals surface area contributed by atoms with Crippen molar-refractivity contribution in [3.8, 4) is 17.4 Å². The summed E-state index contributed by atoms with van der Waals surface area (Å²) in [4.78, 5) is 15.1. The number of aromatic carboxylic acids is 1. The quantitative estimate of drug-likeness (QED) is 0.768. The second kappa shape index (κ2) is 4.52. The lowest BCUT2D eigenvalue weighted by atomic mass is 10.1. The standard InChI is InChI=1S/C15H8N2O3/c16-8-12-10(13-5-6-14(20-13)15(18)19)7-9-3-1-2-4-11(9)17-12/h1-7H,(H,18,19). The van der Waals surface area contributed by atoms with Crippen molar-refractivity contribution in [1.29, 1.82) is 5.26 Å². The van der Waals surface area contributed by atoms with Crippen molar-refractivity contribution in [1.82, 2.24) is 4.98 Å². The van der Waals surface area contributed by atoms with E-state index in [1.807, 2.05) is 30.3 Å². The molecule has 20 heavy (non-hydrogen) atoms. The lowest BCUT2D eigenvalue weighted by Gasteiger charge is -2.03. The summed E-state index contributed by atoms with van der Waals surface area (Å²) in [6, 6.07) is 14.0. The highest BCUT2D eigenvalue weighted by Crippen LogP contribution is 2.28. The third-order valence-electron chi connectivity index (χ3n) is 2.91. The third kappa shape index (κ3) is 1.89. The molecule has 96 valence electrons. The van der Waals surface area contributed by atoms with Crippen LogP contribution in [0.2, 0.25) is 0 Å². The molecule has 2 aromatic heterocycles. The van der Waals surface area contributed by atoms with Gasteiger partial charge < -0.3 is 9.52 Å². The fraction of sp³-hybridized carbons (Fsp3) is 0. The summed E-state index contributed by atoms with van der Waals surface area (Å²) in [5, 5.41) is 18.9. The van der Waals surface area contributed by atoms with Crippen molar-refractivity contribution in [2.45, 2.75) is 0 Å². The number of hydrogen-bond acceptors (Lipinski definition) is 4. The number of pyridine rings is 1. The molecule has 3 aromatic rings. The lowest BCUT2D eigenvalue weighted by Crippen LogP contribution is -1.92. The maximum Gasteiger partial charge on any atom is 0.371 e. The maximum atomic E-state index is 10.8. The van der Waals surface area contributed by atoms with Crippen LogP contribution in [0.25, 0.3) is 22.2 Å². The van der Waals surface area contributed by atoms with Crippen LogP contribution in [0.3, 0.4) is 0 Å². The van der Waals surface area contributed by atoms with Crippen molar-refractivity contribution in [2.24, 2.45) is 0 Å². The minimum atomic E-state index is -1.15.